The van der Waals surface area contributed by atoms with E-state index in [1.165, 1.54) is 0 Å². The molecule has 1 atom stereocenters. The van der Waals surface area contributed by atoms with Crippen molar-refractivity contribution in [3.63, 3.8) is 0 Å². The molecule has 0 saturated carbocycles. The molecule has 1 unspecified atom stereocenters. The first-order valence-electron chi connectivity index (χ1n) is 8.76. The van der Waals surface area contributed by atoms with E-state index in [1.54, 1.807) is 4.57 Å². The summed E-state index contributed by atoms with van der Waals surface area (Å²) in [5, 5.41) is 7.74. The van der Waals surface area contributed by atoms with Gasteiger partial charge in [-0.25, -0.2) is 4.98 Å². The van der Waals surface area contributed by atoms with Gasteiger partial charge >= 0.3 is 0 Å². The van der Waals surface area contributed by atoms with E-state index in [2.05, 4.69) is 15.6 Å². The Labute approximate surface area is 154 Å². The summed E-state index contributed by atoms with van der Waals surface area (Å²) in [6.45, 7) is 0. The van der Waals surface area contributed by atoms with Crippen molar-refractivity contribution in [2.24, 2.45) is 0 Å². The minimum absolute atomic E-state index is 0.0441. The van der Waals surface area contributed by atoms with Gasteiger partial charge < -0.3 is 5.32 Å². The van der Waals surface area contributed by atoms with E-state index in [4.69, 9.17) is 0 Å². The van der Waals surface area contributed by atoms with Crippen LogP contribution in [-0.4, -0.2) is 21.4 Å². The fourth-order valence-corrected chi connectivity index (χ4v) is 3.65. The van der Waals surface area contributed by atoms with Crippen molar-refractivity contribution in [3.8, 4) is 0 Å². The molecule has 4 aromatic rings. The third-order valence-electron chi connectivity index (χ3n) is 4.89. The molecular formula is C21H16N4O2. The van der Waals surface area contributed by atoms with E-state index in [9.17, 15) is 9.59 Å². The Morgan fingerprint density at radius 3 is 2.74 bits per heavy atom. The zero-order chi connectivity index (χ0) is 18.4. The van der Waals surface area contributed by atoms with Gasteiger partial charge in [-0.15, -0.1) is 0 Å². The molecule has 0 saturated heterocycles. The van der Waals surface area contributed by atoms with Crippen LogP contribution < -0.4 is 10.6 Å². The highest BCUT2D eigenvalue weighted by Crippen LogP contribution is 2.32. The molecular weight excluding hydrogens is 340 g/mol. The predicted molar refractivity (Wildman–Crippen MR) is 105 cm³/mol. The Hall–Kier alpha value is -3.67. The molecule has 132 valence electrons. The molecule has 1 aromatic heterocycles. The Kier molecular flexibility index (Phi) is 3.43. The summed E-state index contributed by atoms with van der Waals surface area (Å²) in [6.07, 6.45) is 0.0441. The number of aromatic nitrogens is 2. The maximum atomic E-state index is 12.7. The Morgan fingerprint density at radius 1 is 1.04 bits per heavy atom. The number of fused-ring (bicyclic) bond motifs is 4. The lowest BCUT2D eigenvalue weighted by molar-refractivity contribution is -0.123. The average molecular weight is 356 g/mol. The van der Waals surface area contributed by atoms with E-state index in [0.29, 0.717) is 5.95 Å². The molecule has 0 aliphatic carbocycles. The van der Waals surface area contributed by atoms with Gasteiger partial charge in [0.25, 0.3) is 0 Å². The SMILES string of the molecule is O=C(CC1C(=O)Nc2nc3ccccc3n21)Nc1cccc2ccccc12. The second-order valence-corrected chi connectivity index (χ2v) is 6.58. The Bertz CT molecular complexity index is 1210. The number of nitrogens with zero attached hydrogens (tertiary/aromatic N) is 2. The van der Waals surface area contributed by atoms with Gasteiger partial charge in [-0.3, -0.25) is 19.5 Å². The van der Waals surface area contributed by atoms with Crippen LogP contribution in [0.25, 0.3) is 21.8 Å². The number of hydrogen-bond acceptors (Lipinski definition) is 3. The van der Waals surface area contributed by atoms with Crippen molar-refractivity contribution in [1.29, 1.82) is 0 Å². The van der Waals surface area contributed by atoms with E-state index in [1.807, 2.05) is 66.7 Å². The molecule has 5 rings (SSSR count). The predicted octanol–water partition coefficient (Wildman–Crippen LogP) is 3.71. The first-order chi connectivity index (χ1) is 13.2. The molecule has 0 radical (unpaired) electrons. The summed E-state index contributed by atoms with van der Waals surface area (Å²) in [5.41, 5.74) is 2.38. The van der Waals surface area contributed by atoms with Crippen LogP contribution in [0.2, 0.25) is 0 Å². The van der Waals surface area contributed by atoms with Gasteiger partial charge in [0.05, 0.1) is 17.5 Å². The Balaban J connectivity index is 1.44. The van der Waals surface area contributed by atoms with Gasteiger partial charge in [0.1, 0.15) is 6.04 Å². The number of amides is 2. The fraction of sp³-hybridized carbons (Fsp3) is 0.0952. The van der Waals surface area contributed by atoms with Crippen molar-refractivity contribution in [1.82, 2.24) is 9.55 Å². The smallest absolute Gasteiger partial charge is 0.250 e. The maximum absolute atomic E-state index is 12.7. The van der Waals surface area contributed by atoms with Gasteiger partial charge in [0, 0.05) is 11.1 Å². The molecule has 0 spiro atoms. The van der Waals surface area contributed by atoms with Gasteiger partial charge in [-0.1, -0.05) is 48.5 Å². The minimum Gasteiger partial charge on any atom is -0.325 e. The standard InChI is InChI=1S/C21H16N4O2/c26-19(22-15-10-5-7-13-6-1-2-8-14(13)15)12-18-20(27)24-21-23-16-9-3-4-11-17(16)25(18)21/h1-11,18H,12H2,(H,22,26)(H,23,24,27). The van der Waals surface area contributed by atoms with Gasteiger partial charge in [-0.05, 0) is 23.6 Å². The number of nitrogens with one attached hydrogen (secondary N) is 2. The summed E-state index contributed by atoms with van der Waals surface area (Å²) in [5.74, 6) is 0.0672. The van der Waals surface area contributed by atoms with Gasteiger partial charge in [0.2, 0.25) is 17.8 Å². The van der Waals surface area contributed by atoms with Crippen molar-refractivity contribution in [2.75, 3.05) is 10.6 Å². The normalized spacial score (nSPS) is 15.7. The van der Waals surface area contributed by atoms with E-state index in [0.717, 1.165) is 27.5 Å². The van der Waals surface area contributed by atoms with Gasteiger partial charge in [-0.2, -0.15) is 0 Å². The highest BCUT2D eigenvalue weighted by atomic mass is 16.2. The molecule has 6 heteroatoms. The number of anilines is 2. The number of hydrogen-bond donors (Lipinski definition) is 2. The lowest BCUT2D eigenvalue weighted by atomic mass is 10.1. The molecule has 0 fully saturated rings. The van der Waals surface area contributed by atoms with Crippen LogP contribution in [0, 0.1) is 0 Å². The lowest BCUT2D eigenvalue weighted by Crippen LogP contribution is -2.23. The first-order valence-corrected chi connectivity index (χ1v) is 8.76. The Morgan fingerprint density at radius 2 is 1.81 bits per heavy atom. The third-order valence-corrected chi connectivity index (χ3v) is 4.89. The van der Waals surface area contributed by atoms with E-state index in [-0.39, 0.29) is 18.2 Å². The number of carbonyl (C=O) groups is 2. The minimum atomic E-state index is -0.609. The number of para-hydroxylation sites is 2. The van der Waals surface area contributed by atoms with Crippen LogP contribution in [0.4, 0.5) is 11.6 Å². The average Bonchev–Trinajstić information content (AvgIpc) is 3.18. The summed E-state index contributed by atoms with van der Waals surface area (Å²) in [6, 6.07) is 20.6. The van der Waals surface area contributed by atoms with Crippen LogP contribution >= 0.6 is 0 Å². The van der Waals surface area contributed by atoms with Gasteiger partial charge in [0.15, 0.2) is 0 Å². The molecule has 1 aliphatic heterocycles. The van der Waals surface area contributed by atoms with Crippen LogP contribution in [0.3, 0.4) is 0 Å². The first kappa shape index (κ1) is 15.6. The molecule has 6 nitrogen and oxygen atoms in total. The topological polar surface area (TPSA) is 76.0 Å². The molecule has 3 aromatic carbocycles. The fourth-order valence-electron chi connectivity index (χ4n) is 3.65. The van der Waals surface area contributed by atoms with Crippen LogP contribution in [0.1, 0.15) is 12.5 Å². The van der Waals surface area contributed by atoms with Crippen molar-refractivity contribution < 1.29 is 9.59 Å². The molecule has 1 aliphatic rings. The monoisotopic (exact) mass is 356 g/mol. The second-order valence-electron chi connectivity index (χ2n) is 6.58. The van der Waals surface area contributed by atoms with E-state index >= 15 is 0 Å². The highest BCUT2D eigenvalue weighted by molar-refractivity contribution is 6.06. The molecule has 27 heavy (non-hydrogen) atoms. The molecule has 2 N–H and O–H groups in total. The van der Waals surface area contributed by atoms with Crippen molar-refractivity contribution >= 4 is 45.3 Å². The quantitative estimate of drug-likeness (QED) is 0.587. The van der Waals surface area contributed by atoms with Crippen molar-refractivity contribution in [3.05, 3.63) is 66.7 Å². The van der Waals surface area contributed by atoms with Crippen LogP contribution in [0.5, 0.6) is 0 Å². The number of imidazole rings is 1. The van der Waals surface area contributed by atoms with Crippen molar-refractivity contribution in [2.45, 2.75) is 12.5 Å². The summed E-state index contributed by atoms with van der Waals surface area (Å²) < 4.78 is 1.81. The number of rotatable bonds is 3. The molecule has 2 heterocycles. The summed E-state index contributed by atoms with van der Waals surface area (Å²) >= 11 is 0. The highest BCUT2D eigenvalue weighted by Gasteiger charge is 2.34. The maximum Gasteiger partial charge on any atom is 0.250 e. The third kappa shape index (κ3) is 2.54. The number of benzene rings is 3. The van der Waals surface area contributed by atoms with Crippen LogP contribution in [0.15, 0.2) is 66.7 Å². The largest absolute Gasteiger partial charge is 0.325 e. The second kappa shape index (κ2) is 5.95. The van der Waals surface area contributed by atoms with Crippen LogP contribution in [-0.2, 0) is 9.59 Å². The number of carbonyl (C=O) groups excluding carboxylic acids is 2. The molecule has 0 bridgehead atoms. The summed E-state index contributed by atoms with van der Waals surface area (Å²) in [7, 11) is 0. The molecule has 2 amide bonds. The van der Waals surface area contributed by atoms with E-state index < -0.39 is 6.04 Å². The zero-order valence-corrected chi connectivity index (χ0v) is 14.3. The lowest BCUT2D eigenvalue weighted by Gasteiger charge is -2.13. The zero-order valence-electron chi connectivity index (χ0n) is 14.3. The summed E-state index contributed by atoms with van der Waals surface area (Å²) in [4.78, 5) is 29.5.